The van der Waals surface area contributed by atoms with E-state index in [9.17, 15) is 18.7 Å². The van der Waals surface area contributed by atoms with Gasteiger partial charge < -0.3 is 5.11 Å². The number of Topliss-reactive ketones (excluding diaryl/α,β-unsaturated/α-hetero) is 1. The Morgan fingerprint density at radius 3 is 2.50 bits per heavy atom. The standard InChI is InChI=1S/C26H40F2O2/c1-16(2)22(29)26(27,28)15-18-7-9-20-19-8-6-17-14-23(3,30)12-13-25(17,5)21(19)10-11-24(18,20)4/h6,16,18-21,30H,7-15H2,1-5H3/t18?,19?,20?,21?,23-,24?,25?/m0/s1. The SMILES string of the molecule is CC(C)C(=O)C(F)(F)CC1CCC2C3CC=C4C[C@@](C)(O)CCC4(C)C3CCC12C. The summed E-state index contributed by atoms with van der Waals surface area (Å²) in [6, 6.07) is 0. The number of hydrogen-bond acceptors (Lipinski definition) is 2. The van der Waals surface area contributed by atoms with E-state index in [4.69, 9.17) is 0 Å². The molecule has 0 heterocycles. The van der Waals surface area contributed by atoms with Crippen molar-refractivity contribution in [2.75, 3.05) is 0 Å². The number of alkyl halides is 2. The van der Waals surface area contributed by atoms with Crippen LogP contribution in [0.2, 0.25) is 0 Å². The van der Waals surface area contributed by atoms with E-state index in [2.05, 4.69) is 19.9 Å². The molecule has 0 saturated heterocycles. The molecule has 7 atom stereocenters. The van der Waals surface area contributed by atoms with Crippen LogP contribution in [-0.4, -0.2) is 22.4 Å². The molecule has 2 nitrogen and oxygen atoms in total. The molecule has 0 amide bonds. The molecule has 6 unspecified atom stereocenters. The highest BCUT2D eigenvalue weighted by molar-refractivity contribution is 5.87. The maximum absolute atomic E-state index is 14.8. The molecular formula is C26H40F2O2. The van der Waals surface area contributed by atoms with Gasteiger partial charge in [0, 0.05) is 12.3 Å². The molecule has 3 saturated carbocycles. The molecule has 30 heavy (non-hydrogen) atoms. The summed E-state index contributed by atoms with van der Waals surface area (Å²) >= 11 is 0. The van der Waals surface area contributed by atoms with Crippen LogP contribution in [0.25, 0.3) is 0 Å². The second-order valence-electron chi connectivity index (χ2n) is 12.2. The van der Waals surface area contributed by atoms with Crippen molar-refractivity contribution < 1.29 is 18.7 Å². The summed E-state index contributed by atoms with van der Waals surface area (Å²) in [7, 11) is 0. The molecule has 4 rings (SSSR count). The van der Waals surface area contributed by atoms with E-state index in [0.717, 1.165) is 51.4 Å². The Kier molecular flexibility index (Phi) is 5.32. The van der Waals surface area contributed by atoms with Crippen molar-refractivity contribution in [3.05, 3.63) is 11.6 Å². The largest absolute Gasteiger partial charge is 0.390 e. The van der Waals surface area contributed by atoms with Crippen molar-refractivity contribution in [3.63, 3.8) is 0 Å². The lowest BCUT2D eigenvalue weighted by Crippen LogP contribution is -2.52. The summed E-state index contributed by atoms with van der Waals surface area (Å²) in [4.78, 5) is 12.1. The van der Waals surface area contributed by atoms with Crippen molar-refractivity contribution >= 4 is 5.78 Å². The van der Waals surface area contributed by atoms with Crippen LogP contribution in [0.3, 0.4) is 0 Å². The molecule has 0 aromatic rings. The third-order valence-electron chi connectivity index (χ3n) is 9.96. The van der Waals surface area contributed by atoms with Crippen LogP contribution in [-0.2, 0) is 4.79 Å². The lowest BCUT2D eigenvalue weighted by Gasteiger charge is -2.59. The van der Waals surface area contributed by atoms with Crippen molar-refractivity contribution in [1.29, 1.82) is 0 Å². The van der Waals surface area contributed by atoms with Gasteiger partial charge in [0.2, 0.25) is 5.78 Å². The number of aliphatic hydroxyl groups is 1. The number of carbonyl (C=O) groups excluding carboxylic acids is 1. The molecule has 4 heteroatoms. The van der Waals surface area contributed by atoms with Crippen LogP contribution in [0.5, 0.6) is 0 Å². The molecular weight excluding hydrogens is 382 g/mol. The summed E-state index contributed by atoms with van der Waals surface area (Å²) < 4.78 is 29.5. The van der Waals surface area contributed by atoms with Gasteiger partial charge in [0.1, 0.15) is 0 Å². The predicted octanol–water partition coefficient (Wildman–Crippen LogP) is 6.57. The van der Waals surface area contributed by atoms with Gasteiger partial charge in [-0.25, -0.2) is 0 Å². The Balaban J connectivity index is 1.56. The topological polar surface area (TPSA) is 37.3 Å². The third kappa shape index (κ3) is 3.40. The first-order valence-corrected chi connectivity index (χ1v) is 12.1. The van der Waals surface area contributed by atoms with Gasteiger partial charge in [0.25, 0.3) is 0 Å². The highest BCUT2D eigenvalue weighted by Gasteiger charge is 2.60. The van der Waals surface area contributed by atoms with Gasteiger partial charge in [-0.2, -0.15) is 8.78 Å². The first kappa shape index (κ1) is 22.4. The molecule has 0 aliphatic heterocycles. The summed E-state index contributed by atoms with van der Waals surface area (Å²) in [6.07, 6.45) is 9.74. The summed E-state index contributed by atoms with van der Waals surface area (Å²) in [5, 5.41) is 10.6. The molecule has 3 fully saturated rings. The maximum atomic E-state index is 14.8. The number of ketones is 1. The van der Waals surface area contributed by atoms with Crippen LogP contribution in [0.15, 0.2) is 11.6 Å². The number of hydrogen-bond donors (Lipinski definition) is 1. The minimum Gasteiger partial charge on any atom is -0.390 e. The molecule has 0 spiro atoms. The van der Waals surface area contributed by atoms with Crippen LogP contribution >= 0.6 is 0 Å². The Morgan fingerprint density at radius 2 is 1.83 bits per heavy atom. The number of allylic oxidation sites excluding steroid dienone is 1. The minimum absolute atomic E-state index is 0.0635. The van der Waals surface area contributed by atoms with Crippen molar-refractivity contribution in [2.24, 2.45) is 40.4 Å². The quantitative estimate of drug-likeness (QED) is 0.521. The summed E-state index contributed by atoms with van der Waals surface area (Å²) in [5.74, 6) is -3.15. The predicted molar refractivity (Wildman–Crippen MR) is 115 cm³/mol. The number of halogens is 2. The second kappa shape index (κ2) is 7.12. The van der Waals surface area contributed by atoms with Gasteiger partial charge in [0.05, 0.1) is 5.60 Å². The number of fused-ring (bicyclic) bond motifs is 5. The van der Waals surface area contributed by atoms with Gasteiger partial charge in [0.15, 0.2) is 0 Å². The Bertz CT molecular complexity index is 739. The average molecular weight is 423 g/mol. The molecule has 4 aliphatic carbocycles. The Morgan fingerprint density at radius 1 is 1.13 bits per heavy atom. The minimum atomic E-state index is -3.20. The zero-order valence-electron chi connectivity index (χ0n) is 19.4. The highest BCUT2D eigenvalue weighted by Crippen LogP contribution is 2.67. The Labute approximate surface area is 180 Å². The zero-order chi connectivity index (χ0) is 22.1. The van der Waals surface area contributed by atoms with Crippen molar-refractivity contribution in [3.8, 4) is 0 Å². The molecule has 1 N–H and O–H groups in total. The van der Waals surface area contributed by atoms with E-state index in [0.29, 0.717) is 17.8 Å². The van der Waals surface area contributed by atoms with E-state index in [-0.39, 0.29) is 23.2 Å². The number of carbonyl (C=O) groups is 1. The van der Waals surface area contributed by atoms with Gasteiger partial charge in [-0.1, -0.05) is 39.3 Å². The molecule has 0 aromatic heterocycles. The number of rotatable bonds is 4. The molecule has 0 aromatic carbocycles. The van der Waals surface area contributed by atoms with Gasteiger partial charge in [-0.3, -0.25) is 4.79 Å². The van der Waals surface area contributed by atoms with Gasteiger partial charge in [-0.05, 0) is 92.8 Å². The van der Waals surface area contributed by atoms with E-state index in [1.54, 1.807) is 13.8 Å². The summed E-state index contributed by atoms with van der Waals surface area (Å²) in [6.45, 7) is 9.76. The smallest absolute Gasteiger partial charge is 0.305 e. The van der Waals surface area contributed by atoms with Gasteiger partial charge in [-0.15, -0.1) is 0 Å². The second-order valence-corrected chi connectivity index (χ2v) is 12.2. The average Bonchev–Trinajstić information content (AvgIpc) is 2.97. The van der Waals surface area contributed by atoms with Crippen LogP contribution in [0.4, 0.5) is 8.78 Å². The molecule has 170 valence electrons. The normalized spacial score (nSPS) is 46.1. The van der Waals surface area contributed by atoms with Gasteiger partial charge >= 0.3 is 5.92 Å². The summed E-state index contributed by atoms with van der Waals surface area (Å²) in [5.41, 5.74) is 0.924. The van der Waals surface area contributed by atoms with E-state index in [1.165, 1.54) is 5.57 Å². The van der Waals surface area contributed by atoms with Crippen molar-refractivity contribution in [1.82, 2.24) is 0 Å². The van der Waals surface area contributed by atoms with Crippen molar-refractivity contribution in [2.45, 2.75) is 104 Å². The monoisotopic (exact) mass is 422 g/mol. The van der Waals surface area contributed by atoms with E-state index in [1.807, 2.05) is 6.92 Å². The fraction of sp³-hybridized carbons (Fsp3) is 0.885. The lowest BCUT2D eigenvalue weighted by atomic mass is 9.46. The fourth-order valence-electron chi connectivity index (χ4n) is 8.08. The molecule has 0 radical (unpaired) electrons. The van der Waals surface area contributed by atoms with Crippen LogP contribution in [0, 0.1) is 40.4 Å². The maximum Gasteiger partial charge on any atom is 0.305 e. The molecule has 0 bridgehead atoms. The van der Waals surface area contributed by atoms with E-state index >= 15 is 0 Å². The van der Waals surface area contributed by atoms with Crippen LogP contribution in [0.1, 0.15) is 92.4 Å². The first-order chi connectivity index (χ1) is 13.8. The lowest BCUT2D eigenvalue weighted by molar-refractivity contribution is -0.151. The highest BCUT2D eigenvalue weighted by atomic mass is 19.3. The third-order valence-corrected chi connectivity index (χ3v) is 9.96. The van der Waals surface area contributed by atoms with Crippen LogP contribution < -0.4 is 0 Å². The first-order valence-electron chi connectivity index (χ1n) is 12.1. The Hall–Kier alpha value is -0.770. The fourth-order valence-corrected chi connectivity index (χ4v) is 8.08. The molecule has 4 aliphatic rings. The van der Waals surface area contributed by atoms with E-state index < -0.39 is 23.2 Å². The zero-order valence-corrected chi connectivity index (χ0v) is 19.4.